The van der Waals surface area contributed by atoms with Gasteiger partial charge in [0.1, 0.15) is 0 Å². The Labute approximate surface area is 103 Å². The van der Waals surface area contributed by atoms with Gasteiger partial charge in [0.15, 0.2) is 0 Å². The zero-order valence-corrected chi connectivity index (χ0v) is 10.6. The predicted octanol–water partition coefficient (Wildman–Crippen LogP) is 2.14. The summed E-state index contributed by atoms with van der Waals surface area (Å²) < 4.78 is 0. The lowest BCUT2D eigenvalue weighted by Gasteiger charge is -2.60. The second-order valence-electron chi connectivity index (χ2n) is 6.88. The standard InChI is InChI=1S/C15H22O2/c1-9(14(16)17)8-15(2)12-4-10-3-11(6-12)7-13(15)5-10/h10-13H,1,3-8H2,2H3,(H,16,17)/p-1. The lowest BCUT2D eigenvalue weighted by Crippen LogP contribution is -2.52. The van der Waals surface area contributed by atoms with E-state index >= 15 is 0 Å². The first kappa shape index (κ1) is 11.3. The highest BCUT2D eigenvalue weighted by molar-refractivity contribution is 5.83. The molecule has 94 valence electrons. The Kier molecular flexibility index (Phi) is 2.39. The quantitative estimate of drug-likeness (QED) is 0.701. The van der Waals surface area contributed by atoms with E-state index in [-0.39, 0.29) is 5.41 Å². The van der Waals surface area contributed by atoms with E-state index in [1.165, 1.54) is 32.1 Å². The maximum atomic E-state index is 10.9. The maximum Gasteiger partial charge on any atom is 0.0669 e. The van der Waals surface area contributed by atoms with Crippen molar-refractivity contribution in [3.05, 3.63) is 12.2 Å². The first-order valence-corrected chi connectivity index (χ1v) is 6.88. The van der Waals surface area contributed by atoms with Gasteiger partial charge in [-0.15, -0.1) is 0 Å². The Hall–Kier alpha value is -0.790. The van der Waals surface area contributed by atoms with E-state index in [9.17, 15) is 9.90 Å². The van der Waals surface area contributed by atoms with Gasteiger partial charge < -0.3 is 9.90 Å². The summed E-state index contributed by atoms with van der Waals surface area (Å²) in [6, 6.07) is 0. The van der Waals surface area contributed by atoms with Crippen LogP contribution in [0.4, 0.5) is 0 Å². The van der Waals surface area contributed by atoms with Crippen molar-refractivity contribution in [2.24, 2.45) is 29.1 Å². The Morgan fingerprint density at radius 3 is 2.06 bits per heavy atom. The monoisotopic (exact) mass is 233 g/mol. The molecule has 0 radical (unpaired) electrons. The third-order valence-corrected chi connectivity index (χ3v) is 5.89. The Morgan fingerprint density at radius 1 is 1.18 bits per heavy atom. The van der Waals surface area contributed by atoms with Crippen LogP contribution in [0.2, 0.25) is 0 Å². The molecular formula is C15H21O2-. The van der Waals surface area contributed by atoms with Crippen LogP contribution >= 0.6 is 0 Å². The van der Waals surface area contributed by atoms with Gasteiger partial charge in [-0.3, -0.25) is 0 Å². The van der Waals surface area contributed by atoms with Crippen molar-refractivity contribution in [1.82, 2.24) is 0 Å². The predicted molar refractivity (Wildman–Crippen MR) is 63.9 cm³/mol. The van der Waals surface area contributed by atoms with Gasteiger partial charge in [0, 0.05) is 0 Å². The van der Waals surface area contributed by atoms with Crippen LogP contribution in [-0.2, 0) is 4.79 Å². The lowest BCUT2D eigenvalue weighted by atomic mass is 9.45. The molecule has 0 aliphatic heterocycles. The highest BCUT2D eigenvalue weighted by Crippen LogP contribution is 2.63. The normalized spacial score (nSPS) is 47.1. The summed E-state index contributed by atoms with van der Waals surface area (Å²) in [4.78, 5) is 10.9. The summed E-state index contributed by atoms with van der Waals surface area (Å²) in [6.07, 6.45) is 7.37. The summed E-state index contributed by atoms with van der Waals surface area (Å²) in [7, 11) is 0. The molecule has 0 N–H and O–H groups in total. The van der Waals surface area contributed by atoms with E-state index in [0.29, 0.717) is 12.0 Å². The Morgan fingerprint density at radius 2 is 1.65 bits per heavy atom. The van der Waals surface area contributed by atoms with Crippen LogP contribution < -0.4 is 5.11 Å². The average Bonchev–Trinajstić information content (AvgIpc) is 2.25. The van der Waals surface area contributed by atoms with Crippen molar-refractivity contribution in [1.29, 1.82) is 0 Å². The van der Waals surface area contributed by atoms with Crippen molar-refractivity contribution in [3.8, 4) is 0 Å². The van der Waals surface area contributed by atoms with Crippen molar-refractivity contribution >= 4 is 5.97 Å². The van der Waals surface area contributed by atoms with E-state index in [1.54, 1.807) is 0 Å². The topological polar surface area (TPSA) is 40.1 Å². The molecule has 4 bridgehead atoms. The second-order valence-corrected chi connectivity index (χ2v) is 6.88. The molecule has 0 aromatic heterocycles. The average molecular weight is 233 g/mol. The number of rotatable bonds is 3. The van der Waals surface area contributed by atoms with Crippen LogP contribution in [-0.4, -0.2) is 5.97 Å². The smallest absolute Gasteiger partial charge is 0.0669 e. The largest absolute Gasteiger partial charge is 0.545 e. The summed E-state index contributed by atoms with van der Waals surface area (Å²) in [6.45, 7) is 5.99. The molecule has 4 aliphatic rings. The Bertz CT molecular complexity index is 341. The number of hydrogen-bond donors (Lipinski definition) is 0. The highest BCUT2D eigenvalue weighted by Gasteiger charge is 2.54. The number of carbonyl (C=O) groups excluding carboxylic acids is 1. The number of aliphatic carboxylic acids is 1. The number of carboxylic acids is 1. The molecule has 0 atom stereocenters. The summed E-state index contributed by atoms with van der Waals surface area (Å²) in [5.41, 5.74) is 0.491. The molecule has 2 nitrogen and oxygen atoms in total. The zero-order valence-electron chi connectivity index (χ0n) is 10.6. The first-order valence-electron chi connectivity index (χ1n) is 6.88. The van der Waals surface area contributed by atoms with Gasteiger partial charge in [-0.05, 0) is 73.2 Å². The van der Waals surface area contributed by atoms with Gasteiger partial charge in [-0.25, -0.2) is 0 Å². The van der Waals surface area contributed by atoms with Crippen LogP contribution in [0.5, 0.6) is 0 Å². The third kappa shape index (κ3) is 1.64. The minimum Gasteiger partial charge on any atom is -0.545 e. The number of carboxylic acid groups (broad SMARTS) is 1. The lowest BCUT2D eigenvalue weighted by molar-refractivity contribution is -0.300. The first-order chi connectivity index (χ1) is 7.99. The van der Waals surface area contributed by atoms with Crippen molar-refractivity contribution < 1.29 is 9.90 Å². The summed E-state index contributed by atoms with van der Waals surface area (Å²) in [5, 5.41) is 10.9. The van der Waals surface area contributed by atoms with Crippen molar-refractivity contribution in [2.75, 3.05) is 0 Å². The van der Waals surface area contributed by atoms with E-state index in [0.717, 1.165) is 23.7 Å². The maximum absolute atomic E-state index is 10.9. The SMILES string of the molecule is C=C(CC1(C)C2CC3CC(C2)CC1C3)C(=O)[O-]. The minimum atomic E-state index is -1.06. The fraction of sp³-hybridized carbons (Fsp3) is 0.800. The van der Waals surface area contributed by atoms with Gasteiger partial charge in [0.05, 0.1) is 5.97 Å². The molecule has 0 heterocycles. The molecule has 4 aliphatic carbocycles. The van der Waals surface area contributed by atoms with Crippen molar-refractivity contribution in [3.63, 3.8) is 0 Å². The molecule has 0 aromatic carbocycles. The number of carbonyl (C=O) groups is 1. The highest BCUT2D eigenvalue weighted by atomic mass is 16.4. The van der Waals surface area contributed by atoms with E-state index in [2.05, 4.69) is 13.5 Å². The molecule has 17 heavy (non-hydrogen) atoms. The summed E-state index contributed by atoms with van der Waals surface area (Å²) >= 11 is 0. The van der Waals surface area contributed by atoms with Gasteiger partial charge in [-0.2, -0.15) is 0 Å². The minimum absolute atomic E-state index is 0.185. The van der Waals surface area contributed by atoms with Gasteiger partial charge >= 0.3 is 0 Å². The molecule has 4 fully saturated rings. The molecule has 0 aromatic rings. The van der Waals surface area contributed by atoms with E-state index in [4.69, 9.17) is 0 Å². The van der Waals surface area contributed by atoms with Gasteiger partial charge in [0.25, 0.3) is 0 Å². The van der Waals surface area contributed by atoms with Crippen LogP contribution in [0.25, 0.3) is 0 Å². The van der Waals surface area contributed by atoms with Crippen LogP contribution in [0.1, 0.15) is 45.4 Å². The van der Waals surface area contributed by atoms with E-state index in [1.807, 2.05) is 0 Å². The van der Waals surface area contributed by atoms with Gasteiger partial charge in [0.2, 0.25) is 0 Å². The second kappa shape index (κ2) is 3.60. The molecule has 0 amide bonds. The van der Waals surface area contributed by atoms with Crippen LogP contribution in [0.15, 0.2) is 12.2 Å². The fourth-order valence-electron chi connectivity index (χ4n) is 5.08. The van der Waals surface area contributed by atoms with Crippen LogP contribution in [0, 0.1) is 29.1 Å². The third-order valence-electron chi connectivity index (χ3n) is 5.89. The number of hydrogen-bond acceptors (Lipinski definition) is 2. The Balaban J connectivity index is 1.82. The van der Waals surface area contributed by atoms with Gasteiger partial charge in [-0.1, -0.05) is 13.5 Å². The zero-order chi connectivity index (χ0) is 12.2. The molecule has 0 unspecified atom stereocenters. The molecule has 4 rings (SSSR count). The fourth-order valence-corrected chi connectivity index (χ4v) is 5.08. The molecule has 4 saturated carbocycles. The molecule has 0 spiro atoms. The molecular weight excluding hydrogens is 212 g/mol. The van der Waals surface area contributed by atoms with E-state index < -0.39 is 5.97 Å². The van der Waals surface area contributed by atoms with Crippen LogP contribution in [0.3, 0.4) is 0 Å². The summed E-state index contributed by atoms with van der Waals surface area (Å²) in [5.74, 6) is 2.27. The van der Waals surface area contributed by atoms with Crippen molar-refractivity contribution in [2.45, 2.75) is 45.4 Å². The molecule has 2 heteroatoms. The molecule has 0 saturated heterocycles.